The second kappa shape index (κ2) is 22.8. The second-order valence-electron chi connectivity index (χ2n) is 4.30. The van der Waals surface area contributed by atoms with E-state index in [2.05, 4.69) is 0 Å². The van der Waals surface area contributed by atoms with Gasteiger partial charge in [0, 0.05) is 0 Å². The van der Waals surface area contributed by atoms with Crippen LogP contribution in [0.25, 0.3) is 0 Å². The molecule has 1 aromatic carbocycles. The van der Waals surface area contributed by atoms with Gasteiger partial charge in [-0.1, -0.05) is 77.9 Å². The van der Waals surface area contributed by atoms with Gasteiger partial charge in [-0.2, -0.15) is 0 Å². The van der Waals surface area contributed by atoms with Crippen LogP contribution >= 0.6 is 0 Å². The summed E-state index contributed by atoms with van der Waals surface area (Å²) in [5.74, 6) is 0. The van der Waals surface area contributed by atoms with E-state index in [-0.39, 0.29) is 17.4 Å². The third kappa shape index (κ3) is 136. The van der Waals surface area contributed by atoms with Crippen LogP contribution in [0.2, 0.25) is 0 Å². The molecule has 0 aliphatic heterocycles. The number of hydrogen-bond acceptors (Lipinski definition) is 3. The molecule has 0 aromatic heterocycles. The quantitative estimate of drug-likeness (QED) is 0.653. The van der Waals surface area contributed by atoms with Crippen LogP contribution in [0.1, 0.15) is 41.5 Å². The molecule has 0 aliphatic carbocycles. The summed E-state index contributed by atoms with van der Waals surface area (Å²) in [4.78, 5) is 0. The summed E-state index contributed by atoms with van der Waals surface area (Å²) >= 11 is 0. The van der Waals surface area contributed by atoms with Crippen LogP contribution in [0, 0.1) is 0 Å². The van der Waals surface area contributed by atoms with Gasteiger partial charge in [0.15, 0.2) is 0 Å². The van der Waals surface area contributed by atoms with Gasteiger partial charge in [0.1, 0.15) is 0 Å². The summed E-state index contributed by atoms with van der Waals surface area (Å²) in [6.07, 6.45) is -1.25. The van der Waals surface area contributed by atoms with Crippen molar-refractivity contribution in [1.29, 1.82) is 0 Å². The molecule has 4 heteroatoms. The number of benzene rings is 1. The van der Waals surface area contributed by atoms with Gasteiger partial charge in [-0.15, -0.1) is 18.3 Å². The van der Waals surface area contributed by atoms with E-state index >= 15 is 0 Å². The monoisotopic (exact) mass is 282 g/mol. The molecular weight excluding hydrogens is 255 g/mol. The third-order valence-corrected chi connectivity index (χ3v) is 0.667. The zero-order chi connectivity index (χ0) is 15.0. The summed E-state index contributed by atoms with van der Waals surface area (Å²) in [5.41, 5.74) is 0. The van der Waals surface area contributed by atoms with Crippen LogP contribution in [0.15, 0.2) is 36.4 Å². The van der Waals surface area contributed by atoms with Gasteiger partial charge in [-0.05, 0) is 0 Å². The Morgan fingerprint density at radius 2 is 0.526 bits per heavy atom. The molecule has 0 saturated carbocycles. The average molecular weight is 282 g/mol. The maximum absolute atomic E-state index is 9.53. The van der Waals surface area contributed by atoms with Gasteiger partial charge in [0.05, 0.1) is 0 Å². The van der Waals surface area contributed by atoms with Crippen molar-refractivity contribution < 1.29 is 15.3 Å². The normalized spacial score (nSPS) is 8.21. The van der Waals surface area contributed by atoms with E-state index in [4.69, 9.17) is 0 Å². The van der Waals surface area contributed by atoms with Crippen molar-refractivity contribution in [3.05, 3.63) is 36.4 Å². The van der Waals surface area contributed by atoms with Crippen molar-refractivity contribution in [1.82, 2.24) is 0 Å². The Labute approximate surface area is 129 Å². The molecule has 108 valence electrons. The molecule has 1 rings (SSSR count). The van der Waals surface area contributed by atoms with E-state index in [1.807, 2.05) is 36.4 Å². The van der Waals surface area contributed by atoms with Gasteiger partial charge in [0.25, 0.3) is 0 Å². The zero-order valence-corrected chi connectivity index (χ0v) is 14.2. The molecule has 0 spiro atoms. The van der Waals surface area contributed by atoms with Crippen molar-refractivity contribution in [3.8, 4) is 0 Å². The van der Waals surface area contributed by atoms with Crippen LogP contribution in [0.3, 0.4) is 0 Å². The Morgan fingerprint density at radius 1 is 0.474 bits per heavy atom. The molecule has 0 unspecified atom stereocenters. The first-order valence-corrected chi connectivity index (χ1v) is 6.17. The molecule has 0 N–H and O–H groups in total. The van der Waals surface area contributed by atoms with Gasteiger partial charge >= 0.3 is 17.4 Å². The van der Waals surface area contributed by atoms with Gasteiger partial charge in [-0.3, -0.25) is 0 Å². The van der Waals surface area contributed by atoms with E-state index in [9.17, 15) is 15.3 Å². The molecule has 0 saturated heterocycles. The zero-order valence-electron chi connectivity index (χ0n) is 13.0. The Bertz CT molecular complexity index is 165. The standard InChI is InChI=1S/C6H6.3C3H7O.Al/c1-2-4-6-5-3-1;3*1-3(2)4;/h1-6H;3*3H,1-2H3;/q;3*-1;+3. The van der Waals surface area contributed by atoms with Crippen molar-refractivity contribution >= 4 is 17.4 Å². The minimum atomic E-state index is -0.417. The smallest absolute Gasteiger partial charge is 0.852 e. The van der Waals surface area contributed by atoms with E-state index in [1.165, 1.54) is 0 Å². The van der Waals surface area contributed by atoms with Crippen LogP contribution in [0.4, 0.5) is 0 Å². The summed E-state index contributed by atoms with van der Waals surface area (Å²) in [6, 6.07) is 12.0. The molecule has 0 atom stereocenters. The predicted molar refractivity (Wildman–Crippen MR) is 77.6 cm³/mol. The maximum atomic E-state index is 9.53. The number of rotatable bonds is 0. The third-order valence-electron chi connectivity index (χ3n) is 0.667. The van der Waals surface area contributed by atoms with Crippen LogP contribution in [-0.2, 0) is 0 Å². The summed E-state index contributed by atoms with van der Waals surface area (Å²) in [5, 5.41) is 28.6. The van der Waals surface area contributed by atoms with Crippen molar-refractivity contribution in [2.24, 2.45) is 0 Å². The summed E-state index contributed by atoms with van der Waals surface area (Å²) in [7, 11) is 0. The first-order valence-electron chi connectivity index (χ1n) is 6.17. The van der Waals surface area contributed by atoms with Crippen LogP contribution in [-0.4, -0.2) is 35.7 Å². The largest absolute Gasteiger partial charge is 3.00 e. The van der Waals surface area contributed by atoms with Crippen LogP contribution in [0.5, 0.6) is 0 Å². The Morgan fingerprint density at radius 3 is 0.579 bits per heavy atom. The molecule has 3 nitrogen and oxygen atoms in total. The molecule has 0 bridgehead atoms. The second-order valence-corrected chi connectivity index (χ2v) is 4.30. The van der Waals surface area contributed by atoms with E-state index < -0.39 is 18.3 Å². The van der Waals surface area contributed by atoms with E-state index in [0.717, 1.165) is 0 Å². The number of hydrogen-bond donors (Lipinski definition) is 0. The minimum Gasteiger partial charge on any atom is -0.852 e. The molecule has 0 amide bonds. The van der Waals surface area contributed by atoms with Gasteiger partial charge < -0.3 is 15.3 Å². The molecule has 0 aliphatic rings. The van der Waals surface area contributed by atoms with E-state index in [1.54, 1.807) is 41.5 Å². The van der Waals surface area contributed by atoms with Gasteiger partial charge in [0.2, 0.25) is 0 Å². The minimum absolute atomic E-state index is 0. The predicted octanol–water partition coefficient (Wildman–Crippen LogP) is 0.571. The fourth-order valence-corrected chi connectivity index (χ4v) is 0.385. The van der Waals surface area contributed by atoms with Crippen molar-refractivity contribution in [2.45, 2.75) is 59.9 Å². The van der Waals surface area contributed by atoms with E-state index in [0.29, 0.717) is 0 Å². The topological polar surface area (TPSA) is 69.2 Å². The Kier molecular flexibility index (Phi) is 32.4. The summed E-state index contributed by atoms with van der Waals surface area (Å²) < 4.78 is 0. The molecule has 1 aromatic rings. The molecule has 0 fully saturated rings. The first-order chi connectivity index (χ1) is 8.20. The molecular formula is C15H27AlO3. The van der Waals surface area contributed by atoms with Crippen LogP contribution < -0.4 is 15.3 Å². The fourth-order valence-electron chi connectivity index (χ4n) is 0.385. The maximum Gasteiger partial charge on any atom is 3.00 e. The molecule has 0 heterocycles. The SMILES string of the molecule is CC(C)[O-].CC(C)[O-].CC(C)[O-].[Al+3].c1ccccc1. The molecule has 0 radical (unpaired) electrons. The van der Waals surface area contributed by atoms with Crippen molar-refractivity contribution in [2.75, 3.05) is 0 Å². The van der Waals surface area contributed by atoms with Crippen molar-refractivity contribution in [3.63, 3.8) is 0 Å². The first kappa shape index (κ1) is 27.1. The summed E-state index contributed by atoms with van der Waals surface area (Å²) in [6.45, 7) is 9.67. The Hall–Kier alpha value is -0.368. The average Bonchev–Trinajstić information content (AvgIpc) is 2.17. The van der Waals surface area contributed by atoms with Gasteiger partial charge in [-0.25, -0.2) is 0 Å². The Balaban J connectivity index is -0.0000000796. The fraction of sp³-hybridized carbons (Fsp3) is 0.600. The molecule has 19 heavy (non-hydrogen) atoms.